The maximum absolute atomic E-state index is 13.0. The molecule has 1 saturated heterocycles. The number of unbranched alkanes of at least 4 members (excludes halogenated alkanes) is 38. The van der Waals surface area contributed by atoms with Crippen LogP contribution in [0.4, 0.5) is 0 Å². The van der Waals surface area contributed by atoms with Crippen molar-refractivity contribution >= 4 is 11.9 Å². The smallest absolute Gasteiger partial charge is 0.305 e. The number of hydrogen-bond donors (Lipinski definition) is 6. The lowest BCUT2D eigenvalue weighted by molar-refractivity contribution is -0.302. The van der Waals surface area contributed by atoms with Crippen LogP contribution in [-0.2, 0) is 23.8 Å². The van der Waals surface area contributed by atoms with Gasteiger partial charge < -0.3 is 45.1 Å². The van der Waals surface area contributed by atoms with Gasteiger partial charge in [0.1, 0.15) is 24.4 Å². The number of ether oxygens (including phenoxy) is 3. The van der Waals surface area contributed by atoms with E-state index in [2.05, 4.69) is 19.2 Å². The topological polar surface area (TPSA) is 175 Å². The summed E-state index contributed by atoms with van der Waals surface area (Å²) in [5, 5.41) is 54.2. The van der Waals surface area contributed by atoms with E-state index in [0.717, 1.165) is 70.6 Å². The van der Waals surface area contributed by atoms with Crippen molar-refractivity contribution in [2.45, 2.75) is 333 Å². The van der Waals surface area contributed by atoms with Gasteiger partial charge in [-0.15, -0.1) is 0 Å². The highest BCUT2D eigenvalue weighted by Crippen LogP contribution is 2.23. The first kappa shape index (κ1) is 66.4. The van der Waals surface area contributed by atoms with E-state index >= 15 is 0 Å². The molecule has 0 aromatic heterocycles. The summed E-state index contributed by atoms with van der Waals surface area (Å²) in [6.07, 6.45) is 47.4. The van der Waals surface area contributed by atoms with Crippen LogP contribution in [0.25, 0.3) is 0 Å². The fourth-order valence-electron chi connectivity index (χ4n) is 9.61. The highest BCUT2D eigenvalue weighted by Gasteiger charge is 2.44. The molecule has 0 bridgehead atoms. The van der Waals surface area contributed by atoms with Crippen molar-refractivity contribution < 1.29 is 49.3 Å². The van der Waals surface area contributed by atoms with Crippen molar-refractivity contribution in [2.24, 2.45) is 0 Å². The minimum Gasteiger partial charge on any atom is -0.466 e. The number of allylic oxidation sites excluding steroid dienone is 1. The Morgan fingerprint density at radius 2 is 0.900 bits per heavy atom. The maximum Gasteiger partial charge on any atom is 0.305 e. The molecule has 11 nitrogen and oxygen atoms in total. The van der Waals surface area contributed by atoms with Crippen molar-refractivity contribution in [1.82, 2.24) is 5.32 Å². The molecule has 1 aliphatic rings. The summed E-state index contributed by atoms with van der Waals surface area (Å²) in [5.41, 5.74) is 0. The Kier molecular flexibility index (Phi) is 47.1. The van der Waals surface area contributed by atoms with Gasteiger partial charge in [0.05, 0.1) is 32.0 Å². The first-order valence-corrected chi connectivity index (χ1v) is 30.0. The molecule has 1 rings (SSSR count). The highest BCUT2D eigenvalue weighted by atomic mass is 16.7. The molecule has 0 aromatic rings. The Morgan fingerprint density at radius 1 is 0.514 bits per heavy atom. The monoisotopic (exact) mass is 996 g/mol. The molecule has 0 aromatic carbocycles. The van der Waals surface area contributed by atoms with E-state index < -0.39 is 49.5 Å². The van der Waals surface area contributed by atoms with Gasteiger partial charge in [-0.2, -0.15) is 0 Å². The van der Waals surface area contributed by atoms with Crippen LogP contribution in [-0.4, -0.2) is 100 Å². The van der Waals surface area contributed by atoms with Gasteiger partial charge in [0.2, 0.25) is 5.91 Å². The fourth-order valence-corrected chi connectivity index (χ4v) is 9.61. The predicted molar refractivity (Wildman–Crippen MR) is 288 cm³/mol. The molecule has 0 radical (unpaired) electrons. The van der Waals surface area contributed by atoms with E-state index in [1.807, 2.05) is 6.08 Å². The summed E-state index contributed by atoms with van der Waals surface area (Å²) >= 11 is 0. The summed E-state index contributed by atoms with van der Waals surface area (Å²) < 4.78 is 16.7. The zero-order valence-corrected chi connectivity index (χ0v) is 45.5. The van der Waals surface area contributed by atoms with Crippen LogP contribution in [0, 0.1) is 0 Å². The number of hydrogen-bond acceptors (Lipinski definition) is 10. The number of aliphatic hydroxyl groups excluding tert-OH is 5. The van der Waals surface area contributed by atoms with E-state index in [1.54, 1.807) is 6.08 Å². The number of carbonyl (C=O) groups excluding carboxylic acids is 2. The lowest BCUT2D eigenvalue weighted by Crippen LogP contribution is -2.60. The van der Waals surface area contributed by atoms with Gasteiger partial charge >= 0.3 is 5.97 Å². The number of aliphatic hydroxyl groups is 5. The van der Waals surface area contributed by atoms with E-state index in [4.69, 9.17) is 14.2 Å². The Labute approximate surface area is 429 Å². The van der Waals surface area contributed by atoms with Gasteiger partial charge in [-0.25, -0.2) is 0 Å². The maximum atomic E-state index is 13.0. The summed E-state index contributed by atoms with van der Waals surface area (Å²) in [6, 6.07) is -0.815. The molecule has 1 aliphatic heterocycles. The normalized spacial score (nSPS) is 19.2. The van der Waals surface area contributed by atoms with Crippen molar-refractivity contribution in [3.05, 3.63) is 12.2 Å². The van der Waals surface area contributed by atoms with Gasteiger partial charge in [-0.1, -0.05) is 257 Å². The Morgan fingerprint density at radius 3 is 1.33 bits per heavy atom. The van der Waals surface area contributed by atoms with Crippen LogP contribution >= 0.6 is 0 Å². The first-order chi connectivity index (χ1) is 34.2. The average molecular weight is 997 g/mol. The summed E-state index contributed by atoms with van der Waals surface area (Å²) in [4.78, 5) is 25.1. The van der Waals surface area contributed by atoms with Crippen LogP contribution in [0.15, 0.2) is 12.2 Å². The molecule has 11 heteroatoms. The number of esters is 1. The van der Waals surface area contributed by atoms with Crippen molar-refractivity contribution in [2.75, 3.05) is 19.8 Å². The van der Waals surface area contributed by atoms with E-state index in [1.165, 1.54) is 193 Å². The molecule has 7 atom stereocenters. The quantitative estimate of drug-likeness (QED) is 0.0195. The second kappa shape index (κ2) is 49.6. The number of nitrogens with one attached hydrogen (secondary N) is 1. The molecule has 6 N–H and O–H groups in total. The van der Waals surface area contributed by atoms with Crippen molar-refractivity contribution in [3.8, 4) is 0 Å². The van der Waals surface area contributed by atoms with Crippen molar-refractivity contribution in [3.63, 3.8) is 0 Å². The molecule has 0 saturated carbocycles. The predicted octanol–water partition coefficient (Wildman–Crippen LogP) is 13.6. The molecule has 414 valence electrons. The molecule has 0 aliphatic carbocycles. The lowest BCUT2D eigenvalue weighted by Gasteiger charge is -2.40. The fraction of sp³-hybridized carbons (Fsp3) is 0.932. The highest BCUT2D eigenvalue weighted by molar-refractivity contribution is 5.76. The molecule has 1 heterocycles. The Hall–Kier alpha value is -1.60. The van der Waals surface area contributed by atoms with Gasteiger partial charge in [0.15, 0.2) is 6.29 Å². The summed E-state index contributed by atoms with van der Waals surface area (Å²) in [6.45, 7) is 4.30. The second-order valence-corrected chi connectivity index (χ2v) is 21.1. The third-order valence-electron chi connectivity index (χ3n) is 14.4. The number of carbonyl (C=O) groups is 2. The van der Waals surface area contributed by atoms with Gasteiger partial charge in [-0.3, -0.25) is 9.59 Å². The van der Waals surface area contributed by atoms with Crippen LogP contribution in [0.5, 0.6) is 0 Å². The molecular weight excluding hydrogens is 883 g/mol. The lowest BCUT2D eigenvalue weighted by atomic mass is 9.99. The summed E-state index contributed by atoms with van der Waals surface area (Å²) in [7, 11) is 0. The van der Waals surface area contributed by atoms with Gasteiger partial charge in [0.25, 0.3) is 0 Å². The molecular formula is C59H113NO10. The number of amides is 1. The number of rotatable bonds is 52. The standard InChI is InChI=1S/C59H113NO10/c1-3-5-7-9-11-13-14-15-16-17-18-19-20-24-27-31-35-39-43-47-55(64)68-48-44-40-36-32-28-25-22-21-23-26-30-34-38-42-46-54(63)60-51(52(62)45-41-37-33-29-12-10-8-6-4-2)50-69-59-58(67)57(66)56(65)53(49-61)70-59/h41,45,51-53,56-59,61-62,65-67H,3-40,42-44,46-50H2,1-2H3,(H,60,63)/b45-41+. The zero-order chi connectivity index (χ0) is 51.0. The molecule has 7 unspecified atom stereocenters. The minimum absolute atomic E-state index is 0.0178. The largest absolute Gasteiger partial charge is 0.466 e. The first-order valence-electron chi connectivity index (χ1n) is 30.0. The minimum atomic E-state index is -1.57. The Balaban J connectivity index is 2.02. The van der Waals surface area contributed by atoms with Crippen LogP contribution in [0.1, 0.15) is 290 Å². The zero-order valence-electron chi connectivity index (χ0n) is 45.5. The van der Waals surface area contributed by atoms with E-state index in [9.17, 15) is 35.1 Å². The third-order valence-corrected chi connectivity index (χ3v) is 14.4. The second-order valence-electron chi connectivity index (χ2n) is 21.1. The Bertz CT molecular complexity index is 1170. The van der Waals surface area contributed by atoms with Crippen molar-refractivity contribution in [1.29, 1.82) is 0 Å². The summed E-state index contributed by atoms with van der Waals surface area (Å²) in [5.74, 6) is -0.211. The van der Waals surface area contributed by atoms with E-state index in [-0.39, 0.29) is 18.5 Å². The van der Waals surface area contributed by atoms with Gasteiger partial charge in [0, 0.05) is 12.8 Å². The molecule has 0 spiro atoms. The molecule has 1 fully saturated rings. The molecule has 1 amide bonds. The SMILES string of the molecule is CCCCCCCCC/C=C/C(O)C(COC1OC(CO)C(O)C(O)C1O)NC(=O)CCCCCCCCCCCCCCCCOC(=O)CCCCCCCCCCCCCCCCCCCCC. The molecule has 70 heavy (non-hydrogen) atoms. The third kappa shape index (κ3) is 38.9. The van der Waals surface area contributed by atoms with Crippen LogP contribution in [0.2, 0.25) is 0 Å². The van der Waals surface area contributed by atoms with E-state index in [0.29, 0.717) is 19.4 Å². The average Bonchev–Trinajstić information content (AvgIpc) is 3.36. The van der Waals surface area contributed by atoms with Crippen LogP contribution in [0.3, 0.4) is 0 Å². The van der Waals surface area contributed by atoms with Crippen LogP contribution < -0.4 is 5.32 Å². The van der Waals surface area contributed by atoms with Gasteiger partial charge in [-0.05, 0) is 32.1 Å².